The first-order valence-corrected chi connectivity index (χ1v) is 6.71. The van der Waals surface area contributed by atoms with Crippen LogP contribution in [0.15, 0.2) is 0 Å². The Labute approximate surface area is 113 Å². The van der Waals surface area contributed by atoms with Crippen molar-refractivity contribution in [3.05, 3.63) is 0 Å². The molecule has 0 saturated carbocycles. The number of hydrogen-bond donors (Lipinski definition) is 2. The van der Waals surface area contributed by atoms with Crippen LogP contribution in [0.2, 0.25) is 0 Å². The number of rotatable bonds is 8. The Kier molecular flexibility index (Phi) is 6.24. The fourth-order valence-corrected chi connectivity index (χ4v) is 2.13. The number of carboxylic acids is 1. The Morgan fingerprint density at radius 1 is 1.53 bits per heavy atom. The second-order valence-electron chi connectivity index (χ2n) is 5.09. The van der Waals surface area contributed by atoms with Crippen molar-refractivity contribution in [1.29, 1.82) is 0 Å². The summed E-state index contributed by atoms with van der Waals surface area (Å²) in [5.74, 6) is -1.43. The Balaban J connectivity index is 2.29. The molecule has 1 aliphatic heterocycles. The maximum Gasteiger partial charge on any atom is 0.329 e. The normalized spacial score (nSPS) is 21.9. The van der Waals surface area contributed by atoms with Gasteiger partial charge in [0.15, 0.2) is 0 Å². The largest absolute Gasteiger partial charge is 0.480 e. The van der Waals surface area contributed by atoms with Gasteiger partial charge >= 0.3 is 5.97 Å². The molecule has 1 rings (SSSR count). The van der Waals surface area contributed by atoms with E-state index >= 15 is 0 Å². The maximum atomic E-state index is 11.7. The molecule has 1 fully saturated rings. The lowest BCUT2D eigenvalue weighted by Crippen LogP contribution is -2.53. The van der Waals surface area contributed by atoms with Crippen LogP contribution in [0.5, 0.6) is 0 Å². The van der Waals surface area contributed by atoms with Crippen LogP contribution in [0, 0.1) is 0 Å². The Bertz CT molecular complexity index is 314. The van der Waals surface area contributed by atoms with Crippen LogP contribution in [-0.4, -0.2) is 48.4 Å². The van der Waals surface area contributed by atoms with Crippen molar-refractivity contribution in [1.82, 2.24) is 5.32 Å². The summed E-state index contributed by atoms with van der Waals surface area (Å²) < 4.78 is 10.6. The summed E-state index contributed by atoms with van der Waals surface area (Å²) in [6.45, 7) is 4.38. The van der Waals surface area contributed by atoms with Gasteiger partial charge in [-0.1, -0.05) is 13.3 Å². The highest BCUT2D eigenvalue weighted by Gasteiger charge is 2.33. The van der Waals surface area contributed by atoms with Gasteiger partial charge in [-0.25, -0.2) is 4.79 Å². The second-order valence-corrected chi connectivity index (χ2v) is 5.09. The highest BCUT2D eigenvalue weighted by Crippen LogP contribution is 2.13. The summed E-state index contributed by atoms with van der Waals surface area (Å²) in [6, 6.07) is 0. The molecule has 0 aromatic carbocycles. The lowest BCUT2D eigenvalue weighted by atomic mass is 9.96. The fourth-order valence-electron chi connectivity index (χ4n) is 2.13. The predicted octanol–water partition coefficient (Wildman–Crippen LogP) is 0.942. The third-order valence-corrected chi connectivity index (χ3v) is 3.20. The van der Waals surface area contributed by atoms with Gasteiger partial charge < -0.3 is 19.9 Å². The first kappa shape index (κ1) is 15.9. The van der Waals surface area contributed by atoms with E-state index in [1.54, 1.807) is 0 Å². The molecule has 2 atom stereocenters. The van der Waals surface area contributed by atoms with Gasteiger partial charge in [0.05, 0.1) is 12.7 Å². The van der Waals surface area contributed by atoms with Gasteiger partial charge in [0.2, 0.25) is 5.91 Å². The van der Waals surface area contributed by atoms with Crippen molar-refractivity contribution in [2.24, 2.45) is 0 Å². The molecular weight excluding hydrogens is 250 g/mol. The van der Waals surface area contributed by atoms with Gasteiger partial charge in [0.1, 0.15) is 12.1 Å². The molecule has 1 aliphatic rings. The third kappa shape index (κ3) is 5.16. The smallest absolute Gasteiger partial charge is 0.329 e. The fraction of sp³-hybridized carbons (Fsp3) is 0.846. The van der Waals surface area contributed by atoms with Crippen molar-refractivity contribution in [3.63, 3.8) is 0 Å². The topological polar surface area (TPSA) is 84.9 Å². The molecule has 19 heavy (non-hydrogen) atoms. The van der Waals surface area contributed by atoms with Crippen LogP contribution in [0.1, 0.15) is 39.5 Å². The van der Waals surface area contributed by atoms with Crippen LogP contribution in [0.25, 0.3) is 0 Å². The molecule has 0 bridgehead atoms. The minimum atomic E-state index is -1.22. The van der Waals surface area contributed by atoms with Crippen molar-refractivity contribution in [2.75, 3.05) is 19.8 Å². The average Bonchev–Trinajstić information content (AvgIpc) is 2.82. The summed E-state index contributed by atoms with van der Waals surface area (Å²) in [4.78, 5) is 22.8. The number of aliphatic carboxylic acids is 1. The summed E-state index contributed by atoms with van der Waals surface area (Å²) in [5.41, 5.74) is -1.22. The highest BCUT2D eigenvalue weighted by atomic mass is 16.5. The lowest BCUT2D eigenvalue weighted by Gasteiger charge is -2.25. The molecule has 1 saturated heterocycles. The first-order chi connectivity index (χ1) is 8.98. The van der Waals surface area contributed by atoms with Crippen molar-refractivity contribution < 1.29 is 24.2 Å². The van der Waals surface area contributed by atoms with Crippen LogP contribution < -0.4 is 5.32 Å². The Morgan fingerprint density at radius 3 is 2.79 bits per heavy atom. The molecule has 6 nitrogen and oxygen atoms in total. The lowest BCUT2D eigenvalue weighted by molar-refractivity contribution is -0.148. The quantitative estimate of drug-likeness (QED) is 0.687. The molecule has 1 amide bonds. The molecule has 0 unspecified atom stereocenters. The molecule has 0 aromatic heterocycles. The van der Waals surface area contributed by atoms with E-state index in [9.17, 15) is 9.59 Å². The van der Waals surface area contributed by atoms with Crippen molar-refractivity contribution in [2.45, 2.75) is 51.2 Å². The number of nitrogens with one attached hydrogen (secondary N) is 1. The Morgan fingerprint density at radius 2 is 2.26 bits per heavy atom. The van der Waals surface area contributed by atoms with E-state index in [1.807, 2.05) is 6.92 Å². The van der Waals surface area contributed by atoms with E-state index in [0.29, 0.717) is 19.4 Å². The SMILES string of the molecule is CCC[C@@](C)(NC(=O)COC[C@H]1CCCO1)C(=O)O. The standard InChI is InChI=1S/C13H23NO5/c1-3-6-13(2,12(16)17)14-11(15)9-18-8-10-5-4-7-19-10/h10H,3-9H2,1-2H3,(H,14,15)(H,16,17)/t10-,13-/m1/s1. The average molecular weight is 273 g/mol. The van der Waals surface area contributed by atoms with E-state index in [-0.39, 0.29) is 12.7 Å². The summed E-state index contributed by atoms with van der Waals surface area (Å²) >= 11 is 0. The van der Waals surface area contributed by atoms with Gasteiger partial charge in [-0.15, -0.1) is 0 Å². The van der Waals surface area contributed by atoms with Crippen LogP contribution in [0.4, 0.5) is 0 Å². The first-order valence-electron chi connectivity index (χ1n) is 6.71. The molecule has 2 N–H and O–H groups in total. The van der Waals surface area contributed by atoms with Crippen molar-refractivity contribution in [3.8, 4) is 0 Å². The minimum Gasteiger partial charge on any atom is -0.480 e. The van der Waals surface area contributed by atoms with Gasteiger partial charge in [-0.05, 0) is 26.2 Å². The molecule has 0 radical (unpaired) electrons. The molecule has 0 aromatic rings. The van der Waals surface area contributed by atoms with E-state index in [4.69, 9.17) is 14.6 Å². The monoisotopic (exact) mass is 273 g/mol. The van der Waals surface area contributed by atoms with E-state index in [0.717, 1.165) is 19.4 Å². The zero-order chi connectivity index (χ0) is 14.3. The second kappa shape index (κ2) is 7.45. The number of amides is 1. The zero-order valence-electron chi connectivity index (χ0n) is 11.6. The van der Waals surface area contributed by atoms with Gasteiger partial charge in [-0.2, -0.15) is 0 Å². The number of carboxylic acid groups (broad SMARTS) is 1. The van der Waals surface area contributed by atoms with Crippen molar-refractivity contribution >= 4 is 11.9 Å². The number of hydrogen-bond acceptors (Lipinski definition) is 4. The van der Waals surface area contributed by atoms with Gasteiger partial charge in [-0.3, -0.25) is 4.79 Å². The van der Waals surface area contributed by atoms with Gasteiger partial charge in [0.25, 0.3) is 0 Å². The summed E-state index contributed by atoms with van der Waals surface area (Å²) in [7, 11) is 0. The zero-order valence-corrected chi connectivity index (χ0v) is 11.6. The molecule has 1 heterocycles. The maximum absolute atomic E-state index is 11.7. The van der Waals surface area contributed by atoms with Crippen LogP contribution in [-0.2, 0) is 19.1 Å². The molecule has 6 heteroatoms. The van der Waals surface area contributed by atoms with E-state index in [2.05, 4.69) is 5.32 Å². The molecule has 110 valence electrons. The number of carbonyl (C=O) groups excluding carboxylic acids is 1. The van der Waals surface area contributed by atoms with Crippen LogP contribution in [0.3, 0.4) is 0 Å². The third-order valence-electron chi connectivity index (χ3n) is 3.20. The molecule has 0 aliphatic carbocycles. The van der Waals surface area contributed by atoms with Gasteiger partial charge in [0, 0.05) is 6.61 Å². The number of carbonyl (C=O) groups is 2. The van der Waals surface area contributed by atoms with E-state index < -0.39 is 17.4 Å². The predicted molar refractivity (Wildman–Crippen MR) is 68.9 cm³/mol. The molecule has 0 spiro atoms. The Hall–Kier alpha value is -1.14. The summed E-state index contributed by atoms with van der Waals surface area (Å²) in [6.07, 6.45) is 3.10. The minimum absolute atomic E-state index is 0.0642. The number of ether oxygens (including phenoxy) is 2. The molecular formula is C13H23NO5. The van der Waals surface area contributed by atoms with E-state index in [1.165, 1.54) is 6.92 Å². The highest BCUT2D eigenvalue weighted by molar-refractivity contribution is 5.87. The summed E-state index contributed by atoms with van der Waals surface area (Å²) in [5, 5.41) is 11.6. The van der Waals surface area contributed by atoms with Crippen LogP contribution >= 0.6 is 0 Å².